The van der Waals surface area contributed by atoms with Crippen molar-refractivity contribution >= 4 is 23.5 Å². The van der Waals surface area contributed by atoms with Crippen LogP contribution in [0.2, 0.25) is 5.15 Å². The second-order valence-corrected chi connectivity index (χ2v) is 5.29. The van der Waals surface area contributed by atoms with E-state index in [2.05, 4.69) is 15.5 Å². The quantitative estimate of drug-likeness (QED) is 0.831. The van der Waals surface area contributed by atoms with Gasteiger partial charge in [0.25, 0.3) is 5.91 Å². The van der Waals surface area contributed by atoms with Crippen molar-refractivity contribution in [3.8, 4) is 0 Å². The summed E-state index contributed by atoms with van der Waals surface area (Å²) in [5, 5.41) is 19.5. The van der Waals surface area contributed by atoms with Gasteiger partial charge in [-0.3, -0.25) is 9.59 Å². The second kappa shape index (κ2) is 6.65. The summed E-state index contributed by atoms with van der Waals surface area (Å²) in [6, 6.07) is 2.59. The Bertz CT molecular complexity index is 492. The van der Waals surface area contributed by atoms with Crippen LogP contribution in [0.5, 0.6) is 0 Å². The van der Waals surface area contributed by atoms with Crippen LogP contribution in [0.1, 0.15) is 42.6 Å². The minimum absolute atomic E-state index is 0.141. The molecule has 7 heteroatoms. The lowest BCUT2D eigenvalue weighted by Crippen LogP contribution is -2.43. The Hall–Kier alpha value is -1.69. The molecule has 6 nitrogen and oxygen atoms in total. The van der Waals surface area contributed by atoms with Crippen molar-refractivity contribution in [2.24, 2.45) is 5.92 Å². The molecule has 1 aliphatic carbocycles. The Balaban J connectivity index is 2.07. The number of halogens is 1. The Labute approximate surface area is 121 Å². The van der Waals surface area contributed by atoms with Gasteiger partial charge in [-0.15, -0.1) is 10.2 Å². The summed E-state index contributed by atoms with van der Waals surface area (Å²) < 4.78 is 0. The molecule has 1 saturated carbocycles. The largest absolute Gasteiger partial charge is 0.481 e. The number of hydrogen-bond acceptors (Lipinski definition) is 4. The number of carbonyl (C=O) groups excluding carboxylic acids is 1. The lowest BCUT2D eigenvalue weighted by Gasteiger charge is -2.22. The third kappa shape index (κ3) is 3.66. The molecule has 0 bridgehead atoms. The van der Waals surface area contributed by atoms with Gasteiger partial charge in [0.05, 0.1) is 5.92 Å². The Morgan fingerprint density at radius 1 is 1.20 bits per heavy atom. The van der Waals surface area contributed by atoms with Gasteiger partial charge in [-0.05, 0) is 25.0 Å². The summed E-state index contributed by atoms with van der Waals surface area (Å²) in [5.41, 5.74) is 0.141. The van der Waals surface area contributed by atoms with E-state index in [1.165, 1.54) is 12.1 Å². The van der Waals surface area contributed by atoms with Gasteiger partial charge >= 0.3 is 5.97 Å². The lowest BCUT2D eigenvalue weighted by atomic mass is 9.95. The first-order valence-corrected chi connectivity index (χ1v) is 6.98. The molecule has 2 rings (SSSR count). The van der Waals surface area contributed by atoms with Gasteiger partial charge < -0.3 is 10.4 Å². The van der Waals surface area contributed by atoms with Crippen LogP contribution in [0.25, 0.3) is 0 Å². The van der Waals surface area contributed by atoms with Crippen molar-refractivity contribution in [1.29, 1.82) is 0 Å². The van der Waals surface area contributed by atoms with E-state index >= 15 is 0 Å². The highest BCUT2D eigenvalue weighted by Crippen LogP contribution is 2.24. The van der Waals surface area contributed by atoms with Gasteiger partial charge in [0.2, 0.25) is 0 Å². The molecular formula is C13H16ClN3O3. The van der Waals surface area contributed by atoms with Gasteiger partial charge in [-0.1, -0.05) is 30.9 Å². The number of carbonyl (C=O) groups is 2. The molecule has 108 valence electrons. The monoisotopic (exact) mass is 297 g/mol. The van der Waals surface area contributed by atoms with Crippen LogP contribution in [-0.4, -0.2) is 33.2 Å². The molecule has 1 aromatic rings. The molecule has 2 unspecified atom stereocenters. The fourth-order valence-corrected chi connectivity index (χ4v) is 2.56. The minimum Gasteiger partial charge on any atom is -0.481 e. The van der Waals surface area contributed by atoms with E-state index in [-0.39, 0.29) is 16.9 Å². The normalized spacial score (nSPS) is 22.9. The van der Waals surface area contributed by atoms with Crippen LogP contribution < -0.4 is 5.32 Å². The third-order valence-electron chi connectivity index (χ3n) is 3.51. The molecule has 0 spiro atoms. The van der Waals surface area contributed by atoms with Crippen molar-refractivity contribution in [3.63, 3.8) is 0 Å². The lowest BCUT2D eigenvalue weighted by molar-refractivity contribution is -0.142. The molecule has 20 heavy (non-hydrogen) atoms. The molecule has 1 aliphatic rings. The van der Waals surface area contributed by atoms with Crippen LogP contribution in [0.4, 0.5) is 0 Å². The molecule has 0 radical (unpaired) electrons. The summed E-state index contributed by atoms with van der Waals surface area (Å²) in [7, 11) is 0. The van der Waals surface area contributed by atoms with Crippen LogP contribution in [0.15, 0.2) is 12.1 Å². The third-order valence-corrected chi connectivity index (χ3v) is 3.72. The summed E-state index contributed by atoms with van der Waals surface area (Å²) >= 11 is 5.61. The van der Waals surface area contributed by atoms with Crippen molar-refractivity contribution in [3.05, 3.63) is 23.0 Å². The smallest absolute Gasteiger partial charge is 0.308 e. The van der Waals surface area contributed by atoms with Crippen molar-refractivity contribution < 1.29 is 14.7 Å². The first-order valence-electron chi connectivity index (χ1n) is 6.61. The first-order chi connectivity index (χ1) is 9.58. The molecule has 0 aliphatic heterocycles. The highest BCUT2D eigenvalue weighted by atomic mass is 35.5. The van der Waals surface area contributed by atoms with Crippen LogP contribution in [0.3, 0.4) is 0 Å². The van der Waals surface area contributed by atoms with Crippen molar-refractivity contribution in [2.75, 3.05) is 0 Å². The summed E-state index contributed by atoms with van der Waals surface area (Å²) in [6.07, 6.45) is 4.05. The van der Waals surface area contributed by atoms with Crippen LogP contribution in [0, 0.1) is 5.92 Å². The van der Waals surface area contributed by atoms with E-state index < -0.39 is 17.8 Å². The maximum Gasteiger partial charge on any atom is 0.308 e. The van der Waals surface area contributed by atoms with Gasteiger partial charge in [-0.25, -0.2) is 0 Å². The molecular weight excluding hydrogens is 282 g/mol. The summed E-state index contributed by atoms with van der Waals surface area (Å²) in [4.78, 5) is 23.3. The van der Waals surface area contributed by atoms with E-state index in [1.807, 2.05) is 0 Å². The predicted octanol–water partition coefficient (Wildman–Crippen LogP) is 1.89. The number of carboxylic acid groups (broad SMARTS) is 1. The first kappa shape index (κ1) is 14.7. The second-order valence-electron chi connectivity index (χ2n) is 4.90. The maximum absolute atomic E-state index is 12.1. The van der Waals surface area contributed by atoms with E-state index in [9.17, 15) is 14.7 Å². The number of carboxylic acids is 1. The molecule has 0 saturated heterocycles. The van der Waals surface area contributed by atoms with E-state index in [1.54, 1.807) is 0 Å². The zero-order valence-electron chi connectivity index (χ0n) is 10.9. The standard InChI is InChI=1S/C13H16ClN3O3/c14-11-7-6-10(16-17-11)12(18)15-9-5-3-1-2-4-8(9)13(19)20/h6-9H,1-5H2,(H,15,18)(H,19,20). The molecule has 2 N–H and O–H groups in total. The number of rotatable bonds is 3. The van der Waals surface area contributed by atoms with Gasteiger partial charge in [0, 0.05) is 6.04 Å². The Morgan fingerprint density at radius 3 is 2.60 bits per heavy atom. The molecule has 1 heterocycles. The SMILES string of the molecule is O=C(NC1CCCCCC1C(=O)O)c1ccc(Cl)nn1. The highest BCUT2D eigenvalue weighted by molar-refractivity contribution is 6.29. The fourth-order valence-electron chi connectivity index (χ4n) is 2.46. The Kier molecular flexibility index (Phi) is 4.89. The molecule has 0 aromatic carbocycles. The number of nitrogens with zero attached hydrogens (tertiary/aromatic N) is 2. The van der Waals surface area contributed by atoms with E-state index in [0.717, 1.165) is 19.3 Å². The summed E-state index contributed by atoms with van der Waals surface area (Å²) in [5.74, 6) is -1.81. The zero-order valence-corrected chi connectivity index (χ0v) is 11.6. The maximum atomic E-state index is 12.1. The van der Waals surface area contributed by atoms with E-state index in [4.69, 9.17) is 11.6 Å². The number of aliphatic carboxylic acids is 1. The van der Waals surface area contributed by atoms with Gasteiger partial charge in [-0.2, -0.15) is 0 Å². The zero-order chi connectivity index (χ0) is 14.5. The highest BCUT2D eigenvalue weighted by Gasteiger charge is 2.31. The average molecular weight is 298 g/mol. The Morgan fingerprint density at radius 2 is 1.95 bits per heavy atom. The van der Waals surface area contributed by atoms with Crippen LogP contribution in [-0.2, 0) is 4.79 Å². The molecule has 1 fully saturated rings. The minimum atomic E-state index is -0.862. The van der Waals surface area contributed by atoms with Gasteiger partial charge in [0.1, 0.15) is 0 Å². The van der Waals surface area contributed by atoms with Crippen molar-refractivity contribution in [1.82, 2.24) is 15.5 Å². The predicted molar refractivity (Wildman–Crippen MR) is 72.5 cm³/mol. The molecule has 1 amide bonds. The van der Waals surface area contributed by atoms with Crippen molar-refractivity contribution in [2.45, 2.75) is 38.1 Å². The molecule has 1 aromatic heterocycles. The summed E-state index contributed by atoms with van der Waals surface area (Å²) in [6.45, 7) is 0. The van der Waals surface area contributed by atoms with Crippen LogP contribution >= 0.6 is 11.6 Å². The average Bonchev–Trinajstić information content (AvgIpc) is 2.65. The fraction of sp³-hybridized carbons (Fsp3) is 0.538. The van der Waals surface area contributed by atoms with E-state index in [0.29, 0.717) is 12.8 Å². The molecule has 2 atom stereocenters. The van der Waals surface area contributed by atoms with Gasteiger partial charge in [0.15, 0.2) is 10.8 Å². The number of nitrogens with one attached hydrogen (secondary N) is 1. The topological polar surface area (TPSA) is 92.2 Å². The number of hydrogen-bond donors (Lipinski definition) is 2. The number of amides is 1. The number of aromatic nitrogens is 2.